The van der Waals surface area contributed by atoms with Crippen LogP contribution in [0.25, 0.3) is 11.3 Å². The van der Waals surface area contributed by atoms with E-state index >= 15 is 0 Å². The fraction of sp³-hybridized carbons (Fsp3) is 0.286. The van der Waals surface area contributed by atoms with Crippen LogP contribution >= 0.6 is 11.8 Å². The fourth-order valence-corrected chi connectivity index (χ4v) is 2.78. The van der Waals surface area contributed by atoms with Crippen molar-refractivity contribution >= 4 is 11.8 Å². The zero-order valence-corrected chi connectivity index (χ0v) is 12.8. The molecule has 0 aliphatic rings. The number of H-pyrrole nitrogens is 1. The highest BCUT2D eigenvalue weighted by Gasteiger charge is 2.09. The normalized spacial score (nSPS) is 11.0. The second kappa shape index (κ2) is 6.69. The smallest absolute Gasteiger partial charge is 0.166 e. The highest BCUT2D eigenvalue weighted by Crippen LogP contribution is 2.23. The Morgan fingerprint density at radius 1 is 1.27 bits per heavy atom. The summed E-state index contributed by atoms with van der Waals surface area (Å²) in [6.45, 7) is 2.89. The van der Waals surface area contributed by atoms with Crippen LogP contribution in [0.15, 0.2) is 35.6 Å². The molecule has 0 fully saturated rings. The third-order valence-electron chi connectivity index (χ3n) is 3.09. The highest BCUT2D eigenvalue weighted by atomic mass is 32.2. The number of rotatable bonds is 6. The van der Waals surface area contributed by atoms with Gasteiger partial charge in [-0.15, -0.1) is 5.10 Å². The summed E-state index contributed by atoms with van der Waals surface area (Å²) in [6, 6.07) is 6.31. The number of hydrogen-bond acceptors (Lipinski definition) is 5. The summed E-state index contributed by atoms with van der Waals surface area (Å²) in [6.07, 6.45) is 2.72. The molecule has 0 saturated heterocycles. The van der Waals surface area contributed by atoms with Gasteiger partial charge in [-0.2, -0.15) is 0 Å². The van der Waals surface area contributed by atoms with Gasteiger partial charge >= 0.3 is 0 Å². The van der Waals surface area contributed by atoms with Crippen molar-refractivity contribution in [2.75, 3.05) is 0 Å². The maximum Gasteiger partial charge on any atom is 0.166 e. The average molecular weight is 318 g/mol. The number of imidazole rings is 1. The first-order valence-corrected chi connectivity index (χ1v) is 7.93. The molecule has 0 atom stereocenters. The molecule has 1 aromatic carbocycles. The van der Waals surface area contributed by atoms with Crippen LogP contribution in [-0.4, -0.2) is 30.2 Å². The molecular formula is C14H15FN6S. The van der Waals surface area contributed by atoms with E-state index in [0.717, 1.165) is 35.2 Å². The molecule has 0 aliphatic carbocycles. The lowest BCUT2D eigenvalue weighted by Crippen LogP contribution is -2.04. The second-order valence-corrected chi connectivity index (χ2v) is 5.68. The number of tetrazole rings is 1. The molecule has 0 unspecified atom stereocenters. The predicted octanol–water partition coefficient (Wildman–Crippen LogP) is 2.90. The van der Waals surface area contributed by atoms with E-state index in [1.807, 2.05) is 0 Å². The van der Waals surface area contributed by atoms with E-state index in [0.29, 0.717) is 5.75 Å². The molecule has 0 saturated carbocycles. The van der Waals surface area contributed by atoms with Crippen molar-refractivity contribution in [1.82, 2.24) is 30.2 Å². The Morgan fingerprint density at radius 2 is 2.09 bits per heavy atom. The molecular weight excluding hydrogens is 303 g/mol. The molecule has 0 amide bonds. The van der Waals surface area contributed by atoms with E-state index in [9.17, 15) is 4.39 Å². The zero-order chi connectivity index (χ0) is 15.4. The maximum atomic E-state index is 12.9. The number of nitrogens with zero attached hydrogens (tertiary/aromatic N) is 5. The molecule has 6 nitrogen and oxygen atoms in total. The summed E-state index contributed by atoms with van der Waals surface area (Å²) in [5.74, 6) is 1.22. The highest BCUT2D eigenvalue weighted by molar-refractivity contribution is 7.98. The molecule has 22 heavy (non-hydrogen) atoms. The topological polar surface area (TPSA) is 72.3 Å². The Hall–Kier alpha value is -2.22. The summed E-state index contributed by atoms with van der Waals surface area (Å²) in [4.78, 5) is 7.54. The van der Waals surface area contributed by atoms with Gasteiger partial charge in [-0.25, -0.2) is 14.1 Å². The van der Waals surface area contributed by atoms with Gasteiger partial charge in [0.05, 0.1) is 17.6 Å². The molecule has 1 N–H and O–H groups in total. The largest absolute Gasteiger partial charge is 0.333 e. The Balaban J connectivity index is 1.67. The lowest BCUT2D eigenvalue weighted by molar-refractivity contribution is 0.564. The molecule has 114 valence electrons. The average Bonchev–Trinajstić information content (AvgIpc) is 3.16. The lowest BCUT2D eigenvalue weighted by Gasteiger charge is -2.01. The Morgan fingerprint density at radius 3 is 2.86 bits per heavy atom. The first kappa shape index (κ1) is 14.7. The van der Waals surface area contributed by atoms with Crippen molar-refractivity contribution in [1.29, 1.82) is 0 Å². The van der Waals surface area contributed by atoms with E-state index in [1.54, 1.807) is 23.0 Å². The van der Waals surface area contributed by atoms with Gasteiger partial charge in [-0.1, -0.05) is 18.7 Å². The number of thioether (sulfide) groups is 1. The van der Waals surface area contributed by atoms with Crippen molar-refractivity contribution in [2.45, 2.75) is 30.8 Å². The van der Waals surface area contributed by atoms with Crippen LogP contribution < -0.4 is 0 Å². The van der Waals surface area contributed by atoms with Crippen LogP contribution in [0.5, 0.6) is 0 Å². The minimum absolute atomic E-state index is 0.249. The number of nitrogens with one attached hydrogen (secondary N) is 1. The number of aryl methyl sites for hydroxylation is 1. The maximum absolute atomic E-state index is 12.9. The summed E-state index contributed by atoms with van der Waals surface area (Å²) in [5, 5.41) is 12.5. The molecule has 3 aromatic rings. The molecule has 2 heterocycles. The van der Waals surface area contributed by atoms with Crippen LogP contribution in [0.3, 0.4) is 0 Å². The number of benzene rings is 1. The van der Waals surface area contributed by atoms with Crippen molar-refractivity contribution in [3.05, 3.63) is 42.1 Å². The zero-order valence-electron chi connectivity index (χ0n) is 12.0. The van der Waals surface area contributed by atoms with Gasteiger partial charge in [-0.05, 0) is 46.7 Å². The number of hydrogen-bond donors (Lipinski definition) is 1. The van der Waals surface area contributed by atoms with Crippen LogP contribution in [0.1, 0.15) is 19.2 Å². The quantitative estimate of drug-likeness (QED) is 0.708. The number of aromatic amines is 1. The van der Waals surface area contributed by atoms with Crippen LogP contribution in [0.2, 0.25) is 0 Å². The van der Waals surface area contributed by atoms with Gasteiger partial charge in [-0.3, -0.25) is 0 Å². The molecule has 8 heteroatoms. The van der Waals surface area contributed by atoms with Crippen LogP contribution in [0, 0.1) is 5.82 Å². The number of halogens is 1. The van der Waals surface area contributed by atoms with Crippen molar-refractivity contribution < 1.29 is 4.39 Å². The lowest BCUT2D eigenvalue weighted by atomic mass is 10.2. The molecule has 3 rings (SSSR count). The Bertz CT molecular complexity index is 736. The third kappa shape index (κ3) is 3.33. The summed E-state index contributed by atoms with van der Waals surface area (Å²) >= 11 is 1.53. The van der Waals surface area contributed by atoms with Gasteiger partial charge < -0.3 is 4.98 Å². The van der Waals surface area contributed by atoms with Gasteiger partial charge in [0, 0.05) is 6.54 Å². The van der Waals surface area contributed by atoms with Crippen LogP contribution in [0.4, 0.5) is 4.39 Å². The van der Waals surface area contributed by atoms with Crippen molar-refractivity contribution in [3.63, 3.8) is 0 Å². The van der Waals surface area contributed by atoms with E-state index in [2.05, 4.69) is 32.4 Å². The molecule has 0 bridgehead atoms. The van der Waals surface area contributed by atoms with Crippen molar-refractivity contribution in [3.8, 4) is 11.3 Å². The molecule has 2 aromatic heterocycles. The summed E-state index contributed by atoms with van der Waals surface area (Å²) in [7, 11) is 0. The van der Waals surface area contributed by atoms with Crippen LogP contribution in [-0.2, 0) is 12.3 Å². The van der Waals surface area contributed by atoms with Gasteiger partial charge in [0.15, 0.2) is 11.0 Å². The van der Waals surface area contributed by atoms with E-state index in [-0.39, 0.29) is 5.82 Å². The first-order valence-electron chi connectivity index (χ1n) is 6.95. The monoisotopic (exact) mass is 318 g/mol. The summed E-state index contributed by atoms with van der Waals surface area (Å²) in [5.41, 5.74) is 1.76. The number of aromatic nitrogens is 6. The van der Waals surface area contributed by atoms with Gasteiger partial charge in [0.25, 0.3) is 0 Å². The van der Waals surface area contributed by atoms with Crippen molar-refractivity contribution in [2.24, 2.45) is 0 Å². The minimum atomic E-state index is -0.249. The Labute approximate surface area is 131 Å². The van der Waals surface area contributed by atoms with E-state index in [1.165, 1.54) is 23.9 Å². The van der Waals surface area contributed by atoms with E-state index < -0.39 is 0 Å². The minimum Gasteiger partial charge on any atom is -0.333 e. The first-order chi connectivity index (χ1) is 10.8. The SMILES string of the molecule is CCCn1nnnc1CSc1ncc(-c2ccc(F)cc2)[nH]1. The Kier molecular flexibility index (Phi) is 4.47. The standard InChI is InChI=1S/C14H15FN6S/c1-2-7-21-13(18-19-20-21)9-22-14-16-8-12(17-14)10-3-5-11(15)6-4-10/h3-6,8H,2,7,9H2,1H3,(H,16,17). The fourth-order valence-electron chi connectivity index (χ4n) is 2.00. The van der Waals surface area contributed by atoms with Gasteiger partial charge in [0.1, 0.15) is 5.82 Å². The summed E-state index contributed by atoms with van der Waals surface area (Å²) < 4.78 is 14.7. The molecule has 0 radical (unpaired) electrons. The predicted molar refractivity (Wildman–Crippen MR) is 81.7 cm³/mol. The molecule has 0 aliphatic heterocycles. The van der Waals surface area contributed by atoms with E-state index in [4.69, 9.17) is 0 Å². The second-order valence-electron chi connectivity index (χ2n) is 4.72. The van der Waals surface area contributed by atoms with Gasteiger partial charge in [0.2, 0.25) is 0 Å². The third-order valence-corrected chi connectivity index (χ3v) is 3.97. The molecule has 0 spiro atoms.